The van der Waals surface area contributed by atoms with Crippen LogP contribution in [0.4, 0.5) is 0 Å². The number of benzene rings is 2. The maximum atomic E-state index is 12.9. The number of carbonyl (C=O) groups excluding carboxylic acids is 4. The predicted molar refractivity (Wildman–Crippen MR) is 126 cm³/mol. The van der Waals surface area contributed by atoms with E-state index in [9.17, 15) is 19.2 Å². The molecule has 2 amide bonds. The zero-order chi connectivity index (χ0) is 23.7. The van der Waals surface area contributed by atoms with Crippen LogP contribution >= 0.6 is 25.3 Å². The fourth-order valence-electron chi connectivity index (χ4n) is 2.95. The van der Waals surface area contributed by atoms with E-state index in [0.717, 1.165) is 0 Å². The Balaban J connectivity index is 2.42. The van der Waals surface area contributed by atoms with Gasteiger partial charge in [-0.25, -0.2) is 9.59 Å². The van der Waals surface area contributed by atoms with Crippen LogP contribution in [0.5, 0.6) is 0 Å². The van der Waals surface area contributed by atoms with E-state index in [1.54, 1.807) is 48.5 Å². The summed E-state index contributed by atoms with van der Waals surface area (Å²) in [7, 11) is 2.44. The number of ether oxygens (including phenoxy) is 2. The van der Waals surface area contributed by atoms with Gasteiger partial charge in [-0.15, -0.1) is 0 Å². The third kappa shape index (κ3) is 6.04. The topological polar surface area (TPSA) is 111 Å². The van der Waals surface area contributed by atoms with E-state index in [-0.39, 0.29) is 22.6 Å². The van der Waals surface area contributed by atoms with Gasteiger partial charge < -0.3 is 20.1 Å². The van der Waals surface area contributed by atoms with Crippen molar-refractivity contribution in [3.05, 3.63) is 59.7 Å². The average molecular weight is 477 g/mol. The molecule has 0 aromatic heterocycles. The third-order valence-corrected chi connectivity index (χ3v) is 5.31. The summed E-state index contributed by atoms with van der Waals surface area (Å²) in [6.45, 7) is 0. The van der Waals surface area contributed by atoms with Crippen molar-refractivity contribution in [2.45, 2.75) is 12.1 Å². The van der Waals surface area contributed by atoms with Gasteiger partial charge in [0.1, 0.15) is 12.1 Å². The van der Waals surface area contributed by atoms with Crippen LogP contribution in [0.2, 0.25) is 0 Å². The molecular formula is C22H24N2O6S2. The van der Waals surface area contributed by atoms with Crippen molar-refractivity contribution in [2.24, 2.45) is 0 Å². The number of hydrogen-bond acceptors (Lipinski definition) is 8. The van der Waals surface area contributed by atoms with Crippen molar-refractivity contribution >= 4 is 49.0 Å². The molecular weight excluding hydrogens is 452 g/mol. The molecule has 0 bridgehead atoms. The number of carbonyl (C=O) groups is 4. The molecule has 2 N–H and O–H groups in total. The summed E-state index contributed by atoms with van der Waals surface area (Å²) < 4.78 is 9.36. The number of nitrogens with one attached hydrogen (secondary N) is 2. The van der Waals surface area contributed by atoms with Crippen LogP contribution in [-0.4, -0.2) is 61.6 Å². The Bertz CT molecular complexity index is 918. The standard InChI is InChI=1S/C22H24N2O6S2/c1-29-21(27)17(11-31)23-19(25)15-9-5-3-7-13(15)14-8-4-6-10-16(14)20(26)24-18(12-32)22(28)30-2/h3-10,17-18,31-32H,11-12H2,1-2H3,(H,23,25)(H,24,26). The lowest BCUT2D eigenvalue weighted by molar-refractivity contribution is -0.143. The minimum atomic E-state index is -0.932. The van der Waals surface area contributed by atoms with Crippen molar-refractivity contribution < 1.29 is 28.7 Å². The molecule has 32 heavy (non-hydrogen) atoms. The molecule has 2 rings (SSSR count). The van der Waals surface area contributed by atoms with Crippen molar-refractivity contribution in [1.29, 1.82) is 0 Å². The van der Waals surface area contributed by atoms with E-state index < -0.39 is 35.8 Å². The maximum absolute atomic E-state index is 12.9. The molecule has 2 unspecified atom stereocenters. The van der Waals surface area contributed by atoms with Gasteiger partial charge in [0.2, 0.25) is 0 Å². The molecule has 0 saturated carbocycles. The summed E-state index contributed by atoms with van der Waals surface area (Å²) in [5, 5.41) is 5.19. The van der Waals surface area contributed by atoms with Crippen molar-refractivity contribution in [1.82, 2.24) is 10.6 Å². The van der Waals surface area contributed by atoms with E-state index in [1.807, 2.05) is 0 Å². The molecule has 170 valence electrons. The number of thiol groups is 2. The number of amides is 2. The van der Waals surface area contributed by atoms with Gasteiger partial charge in [0.25, 0.3) is 11.8 Å². The Labute approximate surface area is 196 Å². The summed E-state index contributed by atoms with van der Waals surface area (Å²) in [5.74, 6) is -2.18. The number of rotatable bonds is 9. The molecule has 0 saturated heterocycles. The van der Waals surface area contributed by atoms with Crippen LogP contribution in [0.1, 0.15) is 20.7 Å². The van der Waals surface area contributed by atoms with Gasteiger partial charge in [-0.3, -0.25) is 9.59 Å². The fraction of sp³-hybridized carbons (Fsp3) is 0.273. The van der Waals surface area contributed by atoms with E-state index in [1.165, 1.54) is 14.2 Å². The van der Waals surface area contributed by atoms with Crippen LogP contribution < -0.4 is 10.6 Å². The van der Waals surface area contributed by atoms with Gasteiger partial charge in [-0.05, 0) is 23.3 Å². The summed E-state index contributed by atoms with van der Waals surface area (Å²) >= 11 is 8.18. The molecule has 2 aromatic carbocycles. The second-order valence-corrected chi connectivity index (χ2v) is 7.29. The monoisotopic (exact) mass is 476 g/mol. The second kappa shape index (κ2) is 12.2. The minimum Gasteiger partial charge on any atom is -0.467 e. The van der Waals surface area contributed by atoms with Crippen LogP contribution in [0.15, 0.2) is 48.5 Å². The van der Waals surface area contributed by atoms with E-state index in [4.69, 9.17) is 0 Å². The van der Waals surface area contributed by atoms with Gasteiger partial charge in [0.05, 0.1) is 14.2 Å². The van der Waals surface area contributed by atoms with Crippen molar-refractivity contribution in [3.8, 4) is 11.1 Å². The summed E-state index contributed by atoms with van der Waals surface area (Å²) in [6.07, 6.45) is 0. The Morgan fingerprint density at radius 2 is 1.06 bits per heavy atom. The smallest absolute Gasteiger partial charge is 0.329 e. The molecule has 0 fully saturated rings. The zero-order valence-electron chi connectivity index (χ0n) is 17.5. The Morgan fingerprint density at radius 3 is 1.38 bits per heavy atom. The van der Waals surface area contributed by atoms with Gasteiger partial charge >= 0.3 is 11.9 Å². The highest BCUT2D eigenvalue weighted by Gasteiger charge is 2.25. The first-order chi connectivity index (χ1) is 15.4. The molecule has 10 heteroatoms. The molecule has 0 radical (unpaired) electrons. The first-order valence-electron chi connectivity index (χ1n) is 9.55. The Morgan fingerprint density at radius 1 is 0.719 bits per heavy atom. The lowest BCUT2D eigenvalue weighted by atomic mass is 9.94. The third-order valence-electron chi connectivity index (χ3n) is 4.58. The van der Waals surface area contributed by atoms with Crippen LogP contribution in [0.25, 0.3) is 11.1 Å². The predicted octanol–water partition coefficient (Wildman–Crippen LogP) is 1.76. The summed E-state index contributed by atoms with van der Waals surface area (Å²) in [4.78, 5) is 49.5. The highest BCUT2D eigenvalue weighted by molar-refractivity contribution is 7.80. The Kier molecular flexibility index (Phi) is 9.61. The molecule has 0 aliphatic rings. The summed E-state index contributed by atoms with van der Waals surface area (Å²) in [6, 6.07) is 11.5. The van der Waals surface area contributed by atoms with Crippen LogP contribution in [-0.2, 0) is 19.1 Å². The van der Waals surface area contributed by atoms with Crippen molar-refractivity contribution in [2.75, 3.05) is 25.7 Å². The lowest BCUT2D eigenvalue weighted by Gasteiger charge is -2.18. The SMILES string of the molecule is COC(=O)C(CS)NC(=O)c1ccccc1-c1ccccc1C(=O)NC(CS)C(=O)OC. The van der Waals surface area contributed by atoms with E-state index in [0.29, 0.717) is 11.1 Å². The van der Waals surface area contributed by atoms with Gasteiger partial charge in [-0.1, -0.05) is 36.4 Å². The average Bonchev–Trinajstić information content (AvgIpc) is 2.84. The van der Waals surface area contributed by atoms with Crippen LogP contribution in [0, 0.1) is 0 Å². The molecule has 0 aliphatic heterocycles. The molecule has 0 aliphatic carbocycles. The lowest BCUT2D eigenvalue weighted by Crippen LogP contribution is -2.43. The number of methoxy groups -OCH3 is 2. The maximum Gasteiger partial charge on any atom is 0.329 e. The highest BCUT2D eigenvalue weighted by Crippen LogP contribution is 2.27. The first-order valence-corrected chi connectivity index (χ1v) is 10.8. The second-order valence-electron chi connectivity index (χ2n) is 6.55. The first kappa shape index (κ1) is 25.3. The van der Waals surface area contributed by atoms with E-state index in [2.05, 4.69) is 45.4 Å². The summed E-state index contributed by atoms with van der Waals surface area (Å²) in [5.41, 5.74) is 1.45. The van der Waals surface area contributed by atoms with Crippen LogP contribution in [0.3, 0.4) is 0 Å². The van der Waals surface area contributed by atoms with Gasteiger partial charge in [0.15, 0.2) is 0 Å². The van der Waals surface area contributed by atoms with Crippen molar-refractivity contribution in [3.63, 3.8) is 0 Å². The fourth-order valence-corrected chi connectivity index (χ4v) is 3.43. The number of esters is 2. The Hall–Kier alpha value is -2.98. The molecule has 2 atom stereocenters. The quantitative estimate of drug-likeness (QED) is 0.324. The van der Waals surface area contributed by atoms with Gasteiger partial charge in [0, 0.05) is 22.6 Å². The minimum absolute atomic E-state index is 0.0538. The molecule has 0 spiro atoms. The zero-order valence-corrected chi connectivity index (χ0v) is 19.3. The largest absolute Gasteiger partial charge is 0.467 e. The molecule has 8 nitrogen and oxygen atoms in total. The highest BCUT2D eigenvalue weighted by atomic mass is 32.1. The normalized spacial score (nSPS) is 12.2. The number of hydrogen-bond donors (Lipinski definition) is 4. The molecule has 2 aromatic rings. The molecule has 0 heterocycles. The van der Waals surface area contributed by atoms with Gasteiger partial charge in [-0.2, -0.15) is 25.3 Å². The van der Waals surface area contributed by atoms with E-state index >= 15 is 0 Å².